The topological polar surface area (TPSA) is 23.9 Å². The van der Waals surface area contributed by atoms with Crippen LogP contribution in [0.5, 0.6) is 0 Å². The number of allylic oxidation sites excluding steroid dienone is 6. The summed E-state index contributed by atoms with van der Waals surface area (Å²) in [5.74, 6) is 3.99. The second kappa shape index (κ2) is 20.7. The van der Waals surface area contributed by atoms with Gasteiger partial charge in [0.2, 0.25) is 0 Å². The van der Waals surface area contributed by atoms with E-state index in [1.54, 1.807) is 11.1 Å². The van der Waals surface area contributed by atoms with Crippen molar-refractivity contribution in [1.82, 2.24) is 0 Å². The number of hydrogen-bond acceptors (Lipinski definition) is 3. The van der Waals surface area contributed by atoms with Gasteiger partial charge in [-0.05, 0) is 131 Å². The number of fused-ring (bicyclic) bond motifs is 3. The molecule has 322 valence electrons. The third-order valence-electron chi connectivity index (χ3n) is 13.6. The second-order valence-electron chi connectivity index (χ2n) is 20.2. The first-order chi connectivity index (χ1) is 28.7. The Hall–Kier alpha value is -3.27. The lowest BCUT2D eigenvalue weighted by Gasteiger charge is -2.35. The summed E-state index contributed by atoms with van der Waals surface area (Å²) in [7, 11) is 0. The van der Waals surface area contributed by atoms with Gasteiger partial charge in [-0.3, -0.25) is 5.41 Å². The highest BCUT2D eigenvalue weighted by molar-refractivity contribution is 7.16. The lowest BCUT2D eigenvalue weighted by Crippen LogP contribution is -2.27. The zero-order valence-corrected chi connectivity index (χ0v) is 40.9. The van der Waals surface area contributed by atoms with Crippen LogP contribution < -0.4 is 0 Å². The first-order valence-corrected chi connectivity index (χ1v) is 25.6. The Morgan fingerprint density at radius 1 is 0.583 bits per heavy atom. The Balaban J connectivity index is 1.39. The Morgan fingerprint density at radius 2 is 1.15 bits per heavy atom. The van der Waals surface area contributed by atoms with Gasteiger partial charge in [-0.1, -0.05) is 170 Å². The summed E-state index contributed by atoms with van der Waals surface area (Å²) in [5.41, 5.74) is 12.9. The van der Waals surface area contributed by atoms with E-state index in [0.29, 0.717) is 17.5 Å². The minimum atomic E-state index is 0.0136. The van der Waals surface area contributed by atoms with Gasteiger partial charge in [-0.25, -0.2) is 0 Å². The highest BCUT2D eigenvalue weighted by atomic mass is 32.1. The van der Waals surface area contributed by atoms with E-state index in [9.17, 15) is 5.41 Å². The van der Waals surface area contributed by atoms with Gasteiger partial charge >= 0.3 is 0 Å². The zero-order valence-electron chi connectivity index (χ0n) is 39.3. The number of thiophene rings is 2. The molecule has 2 heterocycles. The molecule has 2 aliphatic carbocycles. The molecule has 0 radical (unpaired) electrons. The number of unbranched alkanes of at least 4 members (excludes halogenated alkanes) is 1. The van der Waals surface area contributed by atoms with E-state index in [2.05, 4.69) is 155 Å². The van der Waals surface area contributed by atoms with Crippen LogP contribution in [0.4, 0.5) is 0 Å². The van der Waals surface area contributed by atoms with Gasteiger partial charge in [0.25, 0.3) is 0 Å². The van der Waals surface area contributed by atoms with Crippen LogP contribution in [0.1, 0.15) is 196 Å². The highest BCUT2D eigenvalue weighted by Gasteiger charge is 2.43. The summed E-state index contributed by atoms with van der Waals surface area (Å²) in [4.78, 5) is 5.15. The molecule has 0 amide bonds. The van der Waals surface area contributed by atoms with E-state index in [1.807, 2.05) is 22.7 Å². The molecule has 2 unspecified atom stereocenters. The molecule has 1 nitrogen and oxygen atoms in total. The van der Waals surface area contributed by atoms with Crippen molar-refractivity contribution in [3.63, 3.8) is 0 Å². The maximum atomic E-state index is 9.50. The molecule has 4 aromatic rings. The van der Waals surface area contributed by atoms with Gasteiger partial charge in [0.05, 0.1) is 5.71 Å². The van der Waals surface area contributed by atoms with Crippen LogP contribution in [0.3, 0.4) is 0 Å². The quantitative estimate of drug-likeness (QED) is 0.0864. The van der Waals surface area contributed by atoms with Crippen molar-refractivity contribution in [1.29, 1.82) is 5.41 Å². The average molecular weight is 840 g/mol. The van der Waals surface area contributed by atoms with Crippen LogP contribution >= 0.6 is 22.7 Å². The summed E-state index contributed by atoms with van der Waals surface area (Å²) >= 11 is 3.74. The van der Waals surface area contributed by atoms with E-state index in [-0.39, 0.29) is 5.41 Å². The molecular formula is C57H77NS2. The first kappa shape index (κ1) is 46.2. The molecule has 0 saturated heterocycles. The average Bonchev–Trinajstić information content (AvgIpc) is 3.96. The van der Waals surface area contributed by atoms with E-state index in [4.69, 9.17) is 0 Å². The van der Waals surface area contributed by atoms with Crippen LogP contribution in [-0.2, 0) is 5.41 Å². The Morgan fingerprint density at radius 3 is 1.73 bits per heavy atom. The van der Waals surface area contributed by atoms with Gasteiger partial charge in [0.1, 0.15) is 0 Å². The highest BCUT2D eigenvalue weighted by Crippen LogP contribution is 2.56. The van der Waals surface area contributed by atoms with Crippen LogP contribution in [0.15, 0.2) is 84.5 Å². The minimum Gasteiger partial charge on any atom is -0.300 e. The summed E-state index contributed by atoms with van der Waals surface area (Å²) in [6, 6.07) is 24.2. The molecule has 0 fully saturated rings. The summed E-state index contributed by atoms with van der Waals surface area (Å²) < 4.78 is 0. The standard InChI is InChI=1S/C57H77NS2/c1-12-13-20-48-47(25-26-49(56(48)58)55-29-27-52(59-55)40(8)9)54-30-28-53(60-54)44-22-24-46-45-23-21-43(39(6)7)35-50(45)57(51(46)36-44,33-31-41(10)18-14-16-37(2)3)34-32-42(11)19-15-17-38(4)5/h20-30,35-42,58H,12-19,31-34H2,1-11H3/b48-20-,58-56?. The molecule has 0 spiro atoms. The molecule has 0 bridgehead atoms. The van der Waals surface area contributed by atoms with Gasteiger partial charge < -0.3 is 0 Å². The fourth-order valence-corrected chi connectivity index (χ4v) is 11.8. The molecular weight excluding hydrogens is 763 g/mol. The van der Waals surface area contributed by atoms with Crippen LogP contribution in [-0.4, -0.2) is 5.71 Å². The monoisotopic (exact) mass is 840 g/mol. The predicted octanol–water partition coefficient (Wildman–Crippen LogP) is 18.7. The molecule has 2 atom stereocenters. The molecule has 1 N–H and O–H groups in total. The summed E-state index contributed by atoms with van der Waals surface area (Å²) in [6.45, 7) is 26.0. The largest absolute Gasteiger partial charge is 0.300 e. The van der Waals surface area contributed by atoms with Gasteiger partial charge in [-0.2, -0.15) is 0 Å². The van der Waals surface area contributed by atoms with E-state index in [0.717, 1.165) is 47.7 Å². The predicted molar refractivity (Wildman–Crippen MR) is 269 cm³/mol. The van der Waals surface area contributed by atoms with Crippen molar-refractivity contribution in [2.45, 2.75) is 170 Å². The van der Waals surface area contributed by atoms with Crippen molar-refractivity contribution in [2.75, 3.05) is 0 Å². The lowest BCUT2D eigenvalue weighted by molar-refractivity contribution is 0.327. The third-order valence-corrected chi connectivity index (χ3v) is 16.2. The minimum absolute atomic E-state index is 0.0136. The second-order valence-corrected chi connectivity index (χ2v) is 22.4. The molecule has 2 aromatic heterocycles. The van der Waals surface area contributed by atoms with E-state index in [1.165, 1.54) is 112 Å². The molecule has 0 aliphatic heterocycles. The van der Waals surface area contributed by atoms with E-state index < -0.39 is 0 Å². The fraction of sp³-hybridized carbons (Fsp3) is 0.526. The Bertz CT molecular complexity index is 2130. The smallest absolute Gasteiger partial charge is 0.0702 e. The third kappa shape index (κ3) is 10.7. The maximum absolute atomic E-state index is 9.50. The molecule has 2 aliphatic rings. The summed E-state index contributed by atoms with van der Waals surface area (Å²) in [5, 5.41) is 9.50. The number of hydrogen-bond donors (Lipinski definition) is 1. The lowest BCUT2D eigenvalue weighted by atomic mass is 9.68. The van der Waals surface area contributed by atoms with Crippen LogP contribution in [0, 0.1) is 29.1 Å². The first-order valence-electron chi connectivity index (χ1n) is 23.9. The Kier molecular flexibility index (Phi) is 16.0. The van der Waals surface area contributed by atoms with Crippen molar-refractivity contribution >= 4 is 39.5 Å². The van der Waals surface area contributed by atoms with Crippen molar-refractivity contribution < 1.29 is 0 Å². The Labute approximate surface area is 374 Å². The summed E-state index contributed by atoms with van der Waals surface area (Å²) in [6.07, 6.45) is 21.8. The van der Waals surface area contributed by atoms with Gasteiger partial charge in [-0.15, -0.1) is 22.7 Å². The number of nitrogens with one attached hydrogen (secondary N) is 1. The van der Waals surface area contributed by atoms with Crippen molar-refractivity contribution in [3.8, 4) is 21.6 Å². The van der Waals surface area contributed by atoms with Gasteiger partial charge in [0, 0.05) is 41.6 Å². The molecule has 2 aromatic carbocycles. The van der Waals surface area contributed by atoms with E-state index >= 15 is 0 Å². The number of rotatable bonds is 21. The normalized spacial score (nSPS) is 18.2. The zero-order chi connectivity index (χ0) is 43.1. The molecule has 0 saturated carbocycles. The number of benzene rings is 2. The van der Waals surface area contributed by atoms with Crippen molar-refractivity contribution in [3.05, 3.63) is 116 Å². The maximum Gasteiger partial charge on any atom is 0.0702 e. The molecule has 6 rings (SSSR count). The molecule has 3 heteroatoms. The van der Waals surface area contributed by atoms with Crippen molar-refractivity contribution in [2.24, 2.45) is 23.7 Å². The van der Waals surface area contributed by atoms with Gasteiger partial charge in [0.15, 0.2) is 0 Å². The molecule has 60 heavy (non-hydrogen) atoms. The van der Waals surface area contributed by atoms with Crippen LogP contribution in [0.25, 0.3) is 32.7 Å². The fourth-order valence-electron chi connectivity index (χ4n) is 9.70. The van der Waals surface area contributed by atoms with Crippen LogP contribution in [0.2, 0.25) is 0 Å². The SMILES string of the molecule is CCC/C=C1\C(=N)C(c2ccc(C(C)C)s2)=CC=C1c1ccc(-c2ccc3c(c2)C(CCC(C)CCCC(C)C)(CCC(C)CCCC(C)C)c2cc(C(C)C)ccc2-3)s1.